The highest BCUT2D eigenvalue weighted by Crippen LogP contribution is 2.34. The van der Waals surface area contributed by atoms with Gasteiger partial charge in [-0.3, -0.25) is 9.69 Å². The number of amides is 1. The Morgan fingerprint density at radius 1 is 1.09 bits per heavy atom. The number of nitrogens with zero attached hydrogens (tertiary/aromatic N) is 4. The van der Waals surface area contributed by atoms with E-state index < -0.39 is 33.1 Å². The molecule has 1 aliphatic carbocycles. The summed E-state index contributed by atoms with van der Waals surface area (Å²) in [5.41, 5.74) is -0.939. The van der Waals surface area contributed by atoms with E-state index in [2.05, 4.69) is 15.2 Å². The van der Waals surface area contributed by atoms with Crippen LogP contribution in [0.5, 0.6) is 0 Å². The number of aromatic nitrogens is 2. The van der Waals surface area contributed by atoms with Crippen molar-refractivity contribution in [3.05, 3.63) is 47.9 Å². The van der Waals surface area contributed by atoms with Gasteiger partial charge in [-0.25, -0.2) is 22.2 Å². The summed E-state index contributed by atoms with van der Waals surface area (Å²) in [6.45, 7) is 1.91. The standard InChI is InChI=1S/C22H29F2N5O3S/c1-27-14-19(26-16-27)33(31,32)29-12-10-28(11-13-29)22(8-3-2-4-9-22)15-25-21(30)20-17(23)6-5-7-18(20)24/h5-7,14,16H,2-4,8-13,15H2,1H3,(H,25,30). The fourth-order valence-electron chi connectivity index (χ4n) is 4.92. The van der Waals surface area contributed by atoms with Gasteiger partial charge in [0.1, 0.15) is 17.2 Å². The van der Waals surface area contributed by atoms with Crippen molar-refractivity contribution in [1.82, 2.24) is 24.1 Å². The van der Waals surface area contributed by atoms with E-state index in [0.29, 0.717) is 26.2 Å². The van der Waals surface area contributed by atoms with Gasteiger partial charge in [0.15, 0.2) is 5.03 Å². The molecule has 4 rings (SSSR count). The Kier molecular flexibility index (Phi) is 6.83. The lowest BCUT2D eigenvalue weighted by atomic mass is 9.79. The number of rotatable bonds is 6. The highest BCUT2D eigenvalue weighted by molar-refractivity contribution is 7.89. The van der Waals surface area contributed by atoms with E-state index in [4.69, 9.17) is 0 Å². The molecule has 1 aliphatic heterocycles. The number of hydrogen-bond acceptors (Lipinski definition) is 5. The number of carbonyl (C=O) groups excluding carboxylic acids is 1. The first-order chi connectivity index (χ1) is 15.7. The second kappa shape index (κ2) is 9.47. The molecule has 0 spiro atoms. The molecule has 11 heteroatoms. The Morgan fingerprint density at radius 2 is 1.73 bits per heavy atom. The minimum absolute atomic E-state index is 0.0324. The lowest BCUT2D eigenvalue weighted by Gasteiger charge is -2.49. The number of piperazine rings is 1. The summed E-state index contributed by atoms with van der Waals surface area (Å²) in [5.74, 6) is -2.55. The molecule has 1 saturated carbocycles. The van der Waals surface area contributed by atoms with Crippen LogP contribution >= 0.6 is 0 Å². The van der Waals surface area contributed by atoms with Crippen LogP contribution in [0.4, 0.5) is 8.78 Å². The molecule has 0 unspecified atom stereocenters. The van der Waals surface area contributed by atoms with Crippen LogP contribution in [0, 0.1) is 11.6 Å². The average Bonchev–Trinajstić information content (AvgIpc) is 3.25. The maximum Gasteiger partial charge on any atom is 0.262 e. The van der Waals surface area contributed by atoms with E-state index in [-0.39, 0.29) is 17.1 Å². The van der Waals surface area contributed by atoms with Crippen molar-refractivity contribution in [2.24, 2.45) is 7.05 Å². The summed E-state index contributed by atoms with van der Waals surface area (Å²) >= 11 is 0. The van der Waals surface area contributed by atoms with E-state index in [1.54, 1.807) is 11.6 Å². The van der Waals surface area contributed by atoms with Gasteiger partial charge in [-0.2, -0.15) is 4.31 Å². The topological polar surface area (TPSA) is 87.5 Å². The van der Waals surface area contributed by atoms with Gasteiger partial charge < -0.3 is 9.88 Å². The predicted molar refractivity (Wildman–Crippen MR) is 118 cm³/mol. The zero-order valence-corrected chi connectivity index (χ0v) is 19.5. The van der Waals surface area contributed by atoms with Crippen molar-refractivity contribution in [3.63, 3.8) is 0 Å². The lowest BCUT2D eigenvalue weighted by Crippen LogP contribution is -2.62. The van der Waals surface area contributed by atoms with Crippen molar-refractivity contribution in [3.8, 4) is 0 Å². The third-order valence-corrected chi connectivity index (χ3v) is 8.53. The van der Waals surface area contributed by atoms with Crippen molar-refractivity contribution in [2.45, 2.75) is 42.7 Å². The zero-order chi connectivity index (χ0) is 23.6. The monoisotopic (exact) mass is 481 g/mol. The molecule has 1 N–H and O–H groups in total. The van der Waals surface area contributed by atoms with Crippen molar-refractivity contribution < 1.29 is 22.0 Å². The molecule has 1 aromatic carbocycles. The van der Waals surface area contributed by atoms with Crippen LogP contribution in [0.2, 0.25) is 0 Å². The number of imidazole rings is 1. The first-order valence-corrected chi connectivity index (χ1v) is 12.6. The normalized spacial score (nSPS) is 20.0. The van der Waals surface area contributed by atoms with E-state index >= 15 is 0 Å². The third kappa shape index (κ3) is 4.80. The quantitative estimate of drug-likeness (QED) is 0.683. The molecule has 1 aromatic heterocycles. The van der Waals surface area contributed by atoms with Crippen molar-refractivity contribution >= 4 is 15.9 Å². The summed E-state index contributed by atoms with van der Waals surface area (Å²) in [6.07, 6.45) is 7.67. The molecule has 0 bridgehead atoms. The van der Waals surface area contributed by atoms with Gasteiger partial charge in [-0.1, -0.05) is 25.3 Å². The van der Waals surface area contributed by atoms with Crippen LogP contribution in [-0.2, 0) is 17.1 Å². The number of carbonyl (C=O) groups is 1. The van der Waals surface area contributed by atoms with Gasteiger partial charge in [-0.15, -0.1) is 0 Å². The second-order valence-electron chi connectivity index (χ2n) is 8.83. The molecule has 1 amide bonds. The first-order valence-electron chi connectivity index (χ1n) is 11.2. The Hall–Kier alpha value is -2.37. The maximum absolute atomic E-state index is 14.0. The fourth-order valence-corrected chi connectivity index (χ4v) is 6.31. The molecule has 2 aromatic rings. The number of sulfonamides is 1. The number of aryl methyl sites for hydroxylation is 1. The van der Waals surface area contributed by atoms with E-state index in [0.717, 1.165) is 44.2 Å². The summed E-state index contributed by atoms with van der Waals surface area (Å²) in [7, 11) is -1.94. The number of hydrogen-bond donors (Lipinski definition) is 1. The summed E-state index contributed by atoms with van der Waals surface area (Å²) in [6, 6.07) is 3.35. The average molecular weight is 482 g/mol. The highest BCUT2D eigenvalue weighted by Gasteiger charge is 2.41. The van der Waals surface area contributed by atoms with Crippen molar-refractivity contribution in [2.75, 3.05) is 32.7 Å². The zero-order valence-electron chi connectivity index (χ0n) is 18.6. The third-order valence-electron chi connectivity index (χ3n) is 6.75. The number of nitrogens with one attached hydrogen (secondary N) is 1. The Balaban J connectivity index is 1.45. The molecule has 180 valence electrons. The molecule has 2 aliphatic rings. The van der Waals surface area contributed by atoms with Gasteiger partial charge in [0.05, 0.1) is 6.33 Å². The van der Waals surface area contributed by atoms with Crippen LogP contribution < -0.4 is 5.32 Å². The molecule has 8 nitrogen and oxygen atoms in total. The number of halogens is 2. The molecule has 0 radical (unpaired) electrons. The minimum atomic E-state index is -3.66. The van der Waals surface area contributed by atoms with E-state index in [1.807, 2.05) is 0 Å². The van der Waals surface area contributed by atoms with Crippen LogP contribution in [-0.4, -0.2) is 71.3 Å². The highest BCUT2D eigenvalue weighted by atomic mass is 32.2. The maximum atomic E-state index is 14.0. The Bertz CT molecular complexity index is 1090. The Morgan fingerprint density at radius 3 is 2.30 bits per heavy atom. The lowest BCUT2D eigenvalue weighted by molar-refractivity contribution is 0.0239. The van der Waals surface area contributed by atoms with Gasteiger partial charge in [0.25, 0.3) is 15.9 Å². The van der Waals surface area contributed by atoms with Crippen molar-refractivity contribution in [1.29, 1.82) is 0 Å². The van der Waals surface area contributed by atoms with E-state index in [9.17, 15) is 22.0 Å². The molecule has 33 heavy (non-hydrogen) atoms. The number of benzene rings is 1. The molecular formula is C22H29F2N5O3S. The van der Waals surface area contributed by atoms with Gasteiger partial charge in [0, 0.05) is 51.5 Å². The molecular weight excluding hydrogens is 452 g/mol. The summed E-state index contributed by atoms with van der Waals surface area (Å²) in [5, 5.41) is 2.79. The van der Waals surface area contributed by atoms with Crippen LogP contribution in [0.3, 0.4) is 0 Å². The van der Waals surface area contributed by atoms with Crippen LogP contribution in [0.1, 0.15) is 42.5 Å². The smallest absolute Gasteiger partial charge is 0.262 e. The fraction of sp³-hybridized carbons (Fsp3) is 0.545. The van der Waals surface area contributed by atoms with Gasteiger partial charge in [0.2, 0.25) is 0 Å². The Labute approximate surface area is 192 Å². The molecule has 1 saturated heterocycles. The SMILES string of the molecule is Cn1cnc(S(=O)(=O)N2CCN(C3(CNC(=O)c4c(F)cccc4F)CCCCC3)CC2)c1. The van der Waals surface area contributed by atoms with E-state index in [1.165, 1.54) is 22.9 Å². The molecule has 2 fully saturated rings. The van der Waals surface area contributed by atoms with Crippen LogP contribution in [0.15, 0.2) is 35.7 Å². The second-order valence-corrected chi connectivity index (χ2v) is 10.7. The van der Waals surface area contributed by atoms with Crippen LogP contribution in [0.25, 0.3) is 0 Å². The first kappa shape index (κ1) is 23.8. The molecule has 0 atom stereocenters. The summed E-state index contributed by atoms with van der Waals surface area (Å²) < 4.78 is 56.9. The largest absolute Gasteiger partial charge is 0.350 e. The predicted octanol–water partition coefficient (Wildman–Crippen LogP) is 2.14. The van der Waals surface area contributed by atoms with Gasteiger partial charge in [-0.05, 0) is 25.0 Å². The molecule has 2 heterocycles. The minimum Gasteiger partial charge on any atom is -0.350 e. The van der Waals surface area contributed by atoms with Gasteiger partial charge >= 0.3 is 0 Å². The summed E-state index contributed by atoms with van der Waals surface area (Å²) in [4.78, 5) is 18.8.